The lowest BCUT2D eigenvalue weighted by atomic mass is 9.88. The summed E-state index contributed by atoms with van der Waals surface area (Å²) in [6.07, 6.45) is 2.38. The lowest BCUT2D eigenvalue weighted by molar-refractivity contribution is -0.162. The molecule has 1 N–H and O–H groups in total. The third-order valence-electron chi connectivity index (χ3n) is 3.78. The number of nitrogens with one attached hydrogen (secondary N) is 1. The van der Waals surface area contributed by atoms with Crippen molar-refractivity contribution in [2.75, 3.05) is 0 Å². The molecule has 26 heavy (non-hydrogen) atoms. The Labute approximate surface area is 165 Å². The zero-order chi connectivity index (χ0) is 20.1. The van der Waals surface area contributed by atoms with Gasteiger partial charge in [-0.1, -0.05) is 42.3 Å². The highest BCUT2D eigenvalue weighted by molar-refractivity contribution is 6.33. The van der Waals surface area contributed by atoms with Gasteiger partial charge in [-0.3, -0.25) is 9.59 Å². The molecule has 0 fully saturated rings. The van der Waals surface area contributed by atoms with Crippen molar-refractivity contribution in [2.24, 2.45) is 5.92 Å². The molecule has 0 aliphatic heterocycles. The number of rotatable bonds is 7. The highest BCUT2D eigenvalue weighted by Gasteiger charge is 2.36. The van der Waals surface area contributed by atoms with Crippen LogP contribution >= 0.6 is 23.2 Å². The summed E-state index contributed by atoms with van der Waals surface area (Å²) >= 11 is 12.1. The average Bonchev–Trinajstić information content (AvgIpc) is 2.45. The van der Waals surface area contributed by atoms with Crippen LogP contribution in [0.3, 0.4) is 0 Å². The quantitative estimate of drug-likeness (QED) is 0.312. The van der Waals surface area contributed by atoms with Crippen LogP contribution in [-0.4, -0.2) is 22.5 Å². The van der Waals surface area contributed by atoms with Crippen molar-refractivity contribution in [3.05, 3.63) is 40.7 Å². The second kappa shape index (κ2) is 8.87. The molecule has 1 heterocycles. The van der Waals surface area contributed by atoms with E-state index in [1.54, 1.807) is 52.8 Å². The van der Waals surface area contributed by atoms with Crippen LogP contribution in [0.25, 0.3) is 0 Å². The van der Waals surface area contributed by atoms with Crippen molar-refractivity contribution in [3.63, 3.8) is 0 Å². The molecular formula is C19H26Cl2N2O3. The average molecular weight is 401 g/mol. The highest BCUT2D eigenvalue weighted by Crippen LogP contribution is 2.32. The molecule has 1 aromatic heterocycles. The first-order valence-corrected chi connectivity index (χ1v) is 9.17. The Balaban J connectivity index is 3.13. The van der Waals surface area contributed by atoms with Gasteiger partial charge < -0.3 is 10.1 Å². The zero-order valence-electron chi connectivity index (χ0n) is 15.9. The second-order valence-electron chi connectivity index (χ2n) is 7.28. The number of esters is 1. The number of hydrogen-bond acceptors (Lipinski definition) is 4. The summed E-state index contributed by atoms with van der Waals surface area (Å²) in [5, 5.41) is 3.35. The molecule has 0 saturated carbocycles. The van der Waals surface area contributed by atoms with Gasteiger partial charge in [-0.2, -0.15) is 0 Å². The third-order valence-corrected chi connectivity index (χ3v) is 4.28. The Hall–Kier alpha value is -1.59. The molecule has 5 nitrogen and oxygen atoms in total. The van der Waals surface area contributed by atoms with Crippen LogP contribution in [0.4, 0.5) is 0 Å². The molecule has 0 aliphatic rings. The van der Waals surface area contributed by atoms with E-state index >= 15 is 0 Å². The van der Waals surface area contributed by atoms with Gasteiger partial charge in [0.25, 0.3) is 0 Å². The summed E-state index contributed by atoms with van der Waals surface area (Å²) in [6, 6.07) is 3.30. The first-order valence-electron chi connectivity index (χ1n) is 8.42. The van der Waals surface area contributed by atoms with Gasteiger partial charge in [0.2, 0.25) is 5.91 Å². The van der Waals surface area contributed by atoms with Gasteiger partial charge in [0, 0.05) is 5.56 Å². The first-order chi connectivity index (χ1) is 11.9. The Bertz CT molecular complexity index is 686. The molecule has 144 valence electrons. The molecular weight excluding hydrogens is 375 g/mol. The van der Waals surface area contributed by atoms with Crippen LogP contribution in [-0.2, 0) is 19.9 Å². The second-order valence-corrected chi connectivity index (χ2v) is 8.03. The van der Waals surface area contributed by atoms with Gasteiger partial charge in [-0.25, -0.2) is 4.98 Å². The first kappa shape index (κ1) is 22.5. The lowest BCUT2D eigenvalue weighted by Gasteiger charge is -2.32. The summed E-state index contributed by atoms with van der Waals surface area (Å²) in [7, 11) is 0. The predicted octanol–water partition coefficient (Wildman–Crippen LogP) is 4.66. The number of hydrogen-bond donors (Lipinski definition) is 1. The molecule has 7 heteroatoms. The standard InChI is InChI=1S/C19H26Cl2N2O3/c1-7-11-19(6,13-9-10-14(20)22-15(13)21)23-16(24)12(8-2)17(25)26-18(3,4)5/h7,9-10,12H,1,8,11H2,2-6H3,(H,23,24). The van der Waals surface area contributed by atoms with Gasteiger partial charge in [-0.15, -0.1) is 6.58 Å². The van der Waals surface area contributed by atoms with E-state index in [1.807, 2.05) is 0 Å². The van der Waals surface area contributed by atoms with E-state index in [4.69, 9.17) is 27.9 Å². The van der Waals surface area contributed by atoms with Crippen molar-refractivity contribution < 1.29 is 14.3 Å². The lowest BCUT2D eigenvalue weighted by Crippen LogP contribution is -2.48. The largest absolute Gasteiger partial charge is 0.459 e. The molecule has 2 unspecified atom stereocenters. The molecule has 1 amide bonds. The van der Waals surface area contributed by atoms with Gasteiger partial charge in [-0.05, 0) is 46.6 Å². The van der Waals surface area contributed by atoms with Crippen LogP contribution in [0, 0.1) is 5.92 Å². The van der Waals surface area contributed by atoms with Crippen molar-refractivity contribution in [1.82, 2.24) is 10.3 Å². The molecule has 0 spiro atoms. The maximum atomic E-state index is 12.8. The maximum Gasteiger partial charge on any atom is 0.318 e. The fourth-order valence-electron chi connectivity index (χ4n) is 2.53. The number of nitrogens with zero attached hydrogens (tertiary/aromatic N) is 1. The minimum atomic E-state index is -0.919. The Morgan fingerprint density at radius 2 is 1.92 bits per heavy atom. The van der Waals surface area contributed by atoms with Crippen LogP contribution in [0.1, 0.15) is 53.0 Å². The van der Waals surface area contributed by atoms with E-state index in [1.165, 1.54) is 0 Å². The number of halogens is 2. The topological polar surface area (TPSA) is 68.3 Å². The number of amides is 1. The van der Waals surface area contributed by atoms with E-state index < -0.39 is 28.9 Å². The van der Waals surface area contributed by atoms with Crippen LogP contribution in [0.2, 0.25) is 10.3 Å². The van der Waals surface area contributed by atoms with Crippen LogP contribution in [0.15, 0.2) is 24.8 Å². The maximum absolute atomic E-state index is 12.8. The Morgan fingerprint density at radius 3 is 2.38 bits per heavy atom. The monoisotopic (exact) mass is 400 g/mol. The fraction of sp³-hybridized carbons (Fsp3) is 0.526. The predicted molar refractivity (Wildman–Crippen MR) is 104 cm³/mol. The SMILES string of the molecule is C=CCC(C)(NC(=O)C(CC)C(=O)OC(C)(C)C)c1ccc(Cl)nc1Cl. The fourth-order valence-corrected chi connectivity index (χ4v) is 3.09. The minimum absolute atomic E-state index is 0.187. The summed E-state index contributed by atoms with van der Waals surface area (Å²) in [4.78, 5) is 29.2. The van der Waals surface area contributed by atoms with Crippen molar-refractivity contribution in [3.8, 4) is 0 Å². The molecule has 0 saturated heterocycles. The Kier molecular flexibility index (Phi) is 7.66. The smallest absolute Gasteiger partial charge is 0.318 e. The summed E-state index contributed by atoms with van der Waals surface area (Å²) < 4.78 is 5.36. The number of carbonyl (C=O) groups is 2. The summed E-state index contributed by atoms with van der Waals surface area (Å²) in [5.74, 6) is -1.91. The van der Waals surface area contributed by atoms with Crippen LogP contribution in [0.5, 0.6) is 0 Å². The summed E-state index contributed by atoms with van der Waals surface area (Å²) in [5.41, 5.74) is -0.961. The molecule has 1 aromatic rings. The van der Waals surface area contributed by atoms with Gasteiger partial charge in [0.15, 0.2) is 0 Å². The minimum Gasteiger partial charge on any atom is -0.459 e. The van der Waals surface area contributed by atoms with Gasteiger partial charge in [0.1, 0.15) is 21.8 Å². The van der Waals surface area contributed by atoms with E-state index in [-0.39, 0.29) is 10.3 Å². The number of pyridine rings is 1. The third kappa shape index (κ3) is 5.99. The van der Waals surface area contributed by atoms with E-state index in [0.29, 0.717) is 18.4 Å². The summed E-state index contributed by atoms with van der Waals surface area (Å²) in [6.45, 7) is 12.6. The molecule has 0 aromatic carbocycles. The highest BCUT2D eigenvalue weighted by atomic mass is 35.5. The Morgan fingerprint density at radius 1 is 1.31 bits per heavy atom. The van der Waals surface area contributed by atoms with Crippen molar-refractivity contribution >= 4 is 35.1 Å². The number of carbonyl (C=O) groups excluding carboxylic acids is 2. The van der Waals surface area contributed by atoms with Crippen molar-refractivity contribution in [2.45, 2.75) is 58.6 Å². The normalized spacial score (nSPS) is 14.9. The van der Waals surface area contributed by atoms with Gasteiger partial charge >= 0.3 is 5.97 Å². The molecule has 0 aliphatic carbocycles. The molecule has 2 atom stereocenters. The number of aromatic nitrogens is 1. The number of ether oxygens (including phenoxy) is 1. The van der Waals surface area contributed by atoms with E-state index in [0.717, 1.165) is 0 Å². The molecule has 1 rings (SSSR count). The molecule has 0 bridgehead atoms. The van der Waals surface area contributed by atoms with Crippen molar-refractivity contribution in [1.29, 1.82) is 0 Å². The zero-order valence-corrected chi connectivity index (χ0v) is 17.4. The van der Waals surface area contributed by atoms with E-state index in [9.17, 15) is 9.59 Å². The van der Waals surface area contributed by atoms with Crippen LogP contribution < -0.4 is 5.32 Å². The van der Waals surface area contributed by atoms with E-state index in [2.05, 4.69) is 16.9 Å². The van der Waals surface area contributed by atoms with Gasteiger partial charge in [0.05, 0.1) is 5.54 Å². The molecule has 0 radical (unpaired) electrons.